The number of aliphatic hydroxyl groups excluding tert-OH is 1. The van der Waals surface area contributed by atoms with Gasteiger partial charge in [0, 0.05) is 17.5 Å². The maximum Gasteiger partial charge on any atom is 0.126 e. The van der Waals surface area contributed by atoms with Crippen molar-refractivity contribution in [1.29, 1.82) is 0 Å². The molecule has 4 heteroatoms. The Labute approximate surface area is 104 Å². The quantitative estimate of drug-likeness (QED) is 0.909. The van der Waals surface area contributed by atoms with Crippen LogP contribution in [0.2, 0.25) is 0 Å². The van der Waals surface area contributed by atoms with Gasteiger partial charge in [-0.25, -0.2) is 9.37 Å². The highest BCUT2D eigenvalue weighted by Crippen LogP contribution is 2.22. The van der Waals surface area contributed by atoms with Crippen molar-refractivity contribution in [2.45, 2.75) is 26.4 Å². The first-order valence-corrected chi connectivity index (χ1v) is 6.29. The molecule has 0 radical (unpaired) electrons. The van der Waals surface area contributed by atoms with E-state index in [-0.39, 0.29) is 5.82 Å². The largest absolute Gasteiger partial charge is 0.388 e. The summed E-state index contributed by atoms with van der Waals surface area (Å²) in [6.45, 7) is 3.62. The van der Waals surface area contributed by atoms with Gasteiger partial charge in [-0.05, 0) is 31.0 Å². The molecule has 1 heterocycles. The molecule has 1 aromatic heterocycles. The second-order valence-corrected chi connectivity index (χ2v) is 5.05. The first kappa shape index (κ1) is 12.2. The van der Waals surface area contributed by atoms with E-state index in [2.05, 4.69) is 4.98 Å². The number of nitrogens with zero attached hydrogens (tertiary/aromatic N) is 1. The van der Waals surface area contributed by atoms with E-state index in [0.29, 0.717) is 12.0 Å². The summed E-state index contributed by atoms with van der Waals surface area (Å²) in [7, 11) is 0. The van der Waals surface area contributed by atoms with E-state index in [0.717, 1.165) is 16.3 Å². The molecular weight excluding hydrogens is 237 g/mol. The van der Waals surface area contributed by atoms with Crippen molar-refractivity contribution in [3.8, 4) is 0 Å². The van der Waals surface area contributed by atoms with Crippen LogP contribution in [0, 0.1) is 19.7 Å². The van der Waals surface area contributed by atoms with Gasteiger partial charge in [0.2, 0.25) is 0 Å². The average Bonchev–Trinajstić information content (AvgIpc) is 2.68. The Bertz CT molecular complexity index is 524. The van der Waals surface area contributed by atoms with Gasteiger partial charge in [-0.2, -0.15) is 0 Å². The molecule has 0 fully saturated rings. The van der Waals surface area contributed by atoms with Crippen LogP contribution >= 0.6 is 11.3 Å². The van der Waals surface area contributed by atoms with Crippen LogP contribution in [0.3, 0.4) is 0 Å². The molecule has 0 aliphatic heterocycles. The van der Waals surface area contributed by atoms with E-state index < -0.39 is 6.10 Å². The van der Waals surface area contributed by atoms with Gasteiger partial charge in [0.25, 0.3) is 0 Å². The lowest BCUT2D eigenvalue weighted by molar-refractivity contribution is 0.178. The van der Waals surface area contributed by atoms with E-state index in [4.69, 9.17) is 0 Å². The van der Waals surface area contributed by atoms with Crippen molar-refractivity contribution in [3.05, 3.63) is 51.2 Å². The van der Waals surface area contributed by atoms with Crippen LogP contribution in [-0.4, -0.2) is 10.1 Å². The first-order valence-electron chi connectivity index (χ1n) is 5.41. The molecule has 1 atom stereocenters. The number of hydrogen-bond acceptors (Lipinski definition) is 3. The molecule has 17 heavy (non-hydrogen) atoms. The van der Waals surface area contributed by atoms with Gasteiger partial charge in [0.1, 0.15) is 5.82 Å². The van der Waals surface area contributed by atoms with Gasteiger partial charge >= 0.3 is 0 Å². The minimum atomic E-state index is -0.625. The Hall–Kier alpha value is -1.26. The van der Waals surface area contributed by atoms with Crippen LogP contribution in [0.4, 0.5) is 4.39 Å². The molecule has 0 saturated heterocycles. The molecule has 1 aromatic carbocycles. The predicted octanol–water partition coefficient (Wildman–Crippen LogP) is 3.18. The lowest BCUT2D eigenvalue weighted by atomic mass is 10.0. The van der Waals surface area contributed by atoms with Crippen molar-refractivity contribution in [2.75, 3.05) is 0 Å². The molecule has 0 amide bonds. The van der Waals surface area contributed by atoms with E-state index >= 15 is 0 Å². The summed E-state index contributed by atoms with van der Waals surface area (Å²) in [6.07, 6.45) is -0.149. The zero-order valence-electron chi connectivity index (χ0n) is 9.77. The Balaban J connectivity index is 2.14. The number of benzene rings is 1. The summed E-state index contributed by atoms with van der Waals surface area (Å²) in [5.41, 5.74) is 2.25. The molecule has 1 unspecified atom stereocenters. The fourth-order valence-corrected chi connectivity index (χ4v) is 2.46. The van der Waals surface area contributed by atoms with Crippen molar-refractivity contribution < 1.29 is 9.50 Å². The molecule has 0 bridgehead atoms. The maximum atomic E-state index is 13.1. The second kappa shape index (κ2) is 4.94. The van der Waals surface area contributed by atoms with Crippen LogP contribution in [0.5, 0.6) is 0 Å². The standard InChI is InChI=1S/C13H14FNOS/c1-8-5-10(3-4-11(8)14)12(16)6-13-15-9(2)7-17-13/h3-5,7,12,16H,6H2,1-2H3. The van der Waals surface area contributed by atoms with Gasteiger partial charge < -0.3 is 5.11 Å². The highest BCUT2D eigenvalue weighted by molar-refractivity contribution is 7.09. The zero-order chi connectivity index (χ0) is 12.4. The van der Waals surface area contributed by atoms with Gasteiger partial charge in [0.15, 0.2) is 0 Å². The SMILES string of the molecule is Cc1csc(CC(O)c2ccc(F)c(C)c2)n1. The molecule has 2 nitrogen and oxygen atoms in total. The molecule has 0 spiro atoms. The highest BCUT2D eigenvalue weighted by Gasteiger charge is 2.12. The summed E-state index contributed by atoms with van der Waals surface area (Å²) in [5, 5.41) is 12.9. The molecule has 0 aliphatic carbocycles. The first-order chi connectivity index (χ1) is 8.06. The fraction of sp³-hybridized carbons (Fsp3) is 0.308. The number of thiazole rings is 1. The van der Waals surface area contributed by atoms with Crippen LogP contribution in [0.25, 0.3) is 0 Å². The third-order valence-corrected chi connectivity index (χ3v) is 3.59. The number of aryl methyl sites for hydroxylation is 2. The number of hydrogen-bond donors (Lipinski definition) is 1. The predicted molar refractivity (Wildman–Crippen MR) is 66.7 cm³/mol. The molecular formula is C13H14FNOS. The fourth-order valence-electron chi connectivity index (χ4n) is 1.65. The minimum absolute atomic E-state index is 0.244. The lowest BCUT2D eigenvalue weighted by Gasteiger charge is -2.10. The van der Waals surface area contributed by atoms with Crippen LogP contribution in [0.15, 0.2) is 23.6 Å². The van der Waals surface area contributed by atoms with Crippen LogP contribution in [-0.2, 0) is 6.42 Å². The number of rotatable bonds is 3. The van der Waals surface area contributed by atoms with E-state index in [1.165, 1.54) is 17.4 Å². The van der Waals surface area contributed by atoms with Crippen molar-refractivity contribution in [1.82, 2.24) is 4.98 Å². The van der Waals surface area contributed by atoms with Crippen molar-refractivity contribution >= 4 is 11.3 Å². The van der Waals surface area contributed by atoms with Crippen LogP contribution < -0.4 is 0 Å². The number of halogens is 1. The van der Waals surface area contributed by atoms with E-state index in [1.54, 1.807) is 19.1 Å². The average molecular weight is 251 g/mol. The van der Waals surface area contributed by atoms with Crippen LogP contribution in [0.1, 0.15) is 27.9 Å². The summed E-state index contributed by atoms with van der Waals surface area (Å²) in [6, 6.07) is 4.69. The Morgan fingerprint density at radius 2 is 2.18 bits per heavy atom. The second-order valence-electron chi connectivity index (χ2n) is 4.11. The molecule has 1 N–H and O–H groups in total. The summed E-state index contributed by atoms with van der Waals surface area (Å²) in [5.74, 6) is -0.244. The Kier molecular flexibility index (Phi) is 3.54. The van der Waals surface area contributed by atoms with E-state index in [1.807, 2.05) is 12.3 Å². The Morgan fingerprint density at radius 3 is 2.76 bits per heavy atom. The van der Waals surface area contributed by atoms with E-state index in [9.17, 15) is 9.50 Å². The molecule has 0 aliphatic rings. The zero-order valence-corrected chi connectivity index (χ0v) is 10.6. The molecule has 0 saturated carbocycles. The topological polar surface area (TPSA) is 33.1 Å². The van der Waals surface area contributed by atoms with Gasteiger partial charge in [-0.1, -0.05) is 12.1 Å². The molecule has 2 aromatic rings. The maximum absolute atomic E-state index is 13.1. The monoisotopic (exact) mass is 251 g/mol. The lowest BCUT2D eigenvalue weighted by Crippen LogP contribution is -2.02. The molecule has 90 valence electrons. The van der Waals surface area contributed by atoms with Crippen molar-refractivity contribution in [3.63, 3.8) is 0 Å². The van der Waals surface area contributed by atoms with Crippen molar-refractivity contribution in [2.24, 2.45) is 0 Å². The third-order valence-electron chi connectivity index (χ3n) is 2.60. The van der Waals surface area contributed by atoms with Gasteiger partial charge in [-0.3, -0.25) is 0 Å². The smallest absolute Gasteiger partial charge is 0.126 e. The molecule has 2 rings (SSSR count). The minimum Gasteiger partial charge on any atom is -0.388 e. The summed E-state index contributed by atoms with van der Waals surface area (Å²) < 4.78 is 13.1. The number of aromatic nitrogens is 1. The number of aliphatic hydroxyl groups is 1. The van der Waals surface area contributed by atoms with Gasteiger partial charge in [-0.15, -0.1) is 11.3 Å². The Morgan fingerprint density at radius 1 is 1.41 bits per heavy atom. The summed E-state index contributed by atoms with van der Waals surface area (Å²) >= 11 is 1.53. The summed E-state index contributed by atoms with van der Waals surface area (Å²) in [4.78, 5) is 4.30. The van der Waals surface area contributed by atoms with Gasteiger partial charge in [0.05, 0.1) is 11.1 Å². The highest BCUT2D eigenvalue weighted by atomic mass is 32.1. The normalized spacial score (nSPS) is 12.7. The third kappa shape index (κ3) is 2.90.